The van der Waals surface area contributed by atoms with Crippen LogP contribution in [0.5, 0.6) is 0 Å². The first-order chi connectivity index (χ1) is 6.88. The lowest BCUT2D eigenvalue weighted by molar-refractivity contribution is -0.141. The van der Waals surface area contributed by atoms with Crippen LogP contribution in [0, 0.1) is 0 Å². The third-order valence-electron chi connectivity index (χ3n) is 1.48. The van der Waals surface area contributed by atoms with Crippen molar-refractivity contribution in [1.82, 2.24) is 0 Å². The van der Waals surface area contributed by atoms with Crippen LogP contribution in [0.4, 0.5) is 0 Å². The van der Waals surface area contributed by atoms with E-state index in [4.69, 9.17) is 9.84 Å². The molecule has 0 saturated carbocycles. The molecule has 0 aromatic carbocycles. The van der Waals surface area contributed by atoms with Crippen LogP contribution in [0.15, 0.2) is 36.1 Å². The Labute approximate surface area is 88.6 Å². The SMILES string of the molecule is C=C(C)C=C(CC)OC(=O)C(=C)C(=O)O. The van der Waals surface area contributed by atoms with Crippen molar-refractivity contribution in [3.8, 4) is 0 Å². The number of carbonyl (C=O) groups excluding carboxylic acids is 1. The van der Waals surface area contributed by atoms with Crippen molar-refractivity contribution in [3.05, 3.63) is 36.1 Å². The summed E-state index contributed by atoms with van der Waals surface area (Å²) in [6.07, 6.45) is 2.05. The number of carboxylic acids is 1. The molecule has 0 atom stereocenters. The number of ether oxygens (including phenoxy) is 1. The van der Waals surface area contributed by atoms with Gasteiger partial charge in [-0.25, -0.2) is 9.59 Å². The van der Waals surface area contributed by atoms with E-state index in [1.54, 1.807) is 19.9 Å². The van der Waals surface area contributed by atoms with Crippen LogP contribution in [0.1, 0.15) is 20.3 Å². The lowest BCUT2D eigenvalue weighted by Crippen LogP contribution is -2.14. The molecule has 15 heavy (non-hydrogen) atoms. The van der Waals surface area contributed by atoms with Crippen molar-refractivity contribution < 1.29 is 19.4 Å². The lowest BCUT2D eigenvalue weighted by atomic mass is 10.2. The Bertz CT molecular complexity index is 336. The van der Waals surface area contributed by atoms with Gasteiger partial charge in [0.25, 0.3) is 0 Å². The molecule has 0 spiro atoms. The Morgan fingerprint density at radius 2 is 1.93 bits per heavy atom. The smallest absolute Gasteiger partial charge is 0.350 e. The van der Waals surface area contributed by atoms with Gasteiger partial charge in [0.1, 0.15) is 11.3 Å². The minimum atomic E-state index is -1.38. The summed E-state index contributed by atoms with van der Waals surface area (Å²) in [6.45, 7) is 10.2. The maximum absolute atomic E-state index is 11.2. The minimum absolute atomic E-state index is 0.370. The predicted octanol–water partition coefficient (Wildman–Crippen LogP) is 2.04. The first kappa shape index (κ1) is 13.2. The summed E-state index contributed by atoms with van der Waals surface area (Å²) in [5.41, 5.74) is 0.136. The monoisotopic (exact) mass is 210 g/mol. The van der Waals surface area contributed by atoms with Crippen molar-refractivity contribution in [2.45, 2.75) is 20.3 Å². The maximum Gasteiger partial charge on any atom is 0.350 e. The van der Waals surface area contributed by atoms with Crippen molar-refractivity contribution in [2.24, 2.45) is 0 Å². The summed E-state index contributed by atoms with van der Waals surface area (Å²) >= 11 is 0. The number of allylic oxidation sites excluding steroid dienone is 3. The Balaban J connectivity index is 4.58. The van der Waals surface area contributed by atoms with Gasteiger partial charge in [-0.1, -0.05) is 25.7 Å². The van der Waals surface area contributed by atoms with Crippen LogP contribution in [0.3, 0.4) is 0 Å². The van der Waals surface area contributed by atoms with E-state index in [9.17, 15) is 9.59 Å². The molecule has 0 aliphatic carbocycles. The van der Waals surface area contributed by atoms with Gasteiger partial charge in [-0.05, 0) is 13.0 Å². The summed E-state index contributed by atoms with van der Waals surface area (Å²) in [6, 6.07) is 0. The molecule has 0 heterocycles. The number of aliphatic carboxylic acids is 1. The van der Waals surface area contributed by atoms with E-state index in [-0.39, 0.29) is 0 Å². The summed E-state index contributed by atoms with van der Waals surface area (Å²) in [5, 5.41) is 8.48. The van der Waals surface area contributed by atoms with E-state index in [2.05, 4.69) is 13.2 Å². The molecule has 82 valence electrons. The van der Waals surface area contributed by atoms with Gasteiger partial charge in [-0.15, -0.1) is 0 Å². The molecule has 1 N–H and O–H groups in total. The molecule has 0 aromatic heterocycles. The average Bonchev–Trinajstić information content (AvgIpc) is 2.14. The normalized spacial score (nSPS) is 10.7. The fraction of sp³-hybridized carbons (Fsp3) is 0.273. The highest BCUT2D eigenvalue weighted by molar-refractivity contribution is 6.12. The zero-order valence-electron chi connectivity index (χ0n) is 8.87. The number of rotatable bonds is 5. The largest absolute Gasteiger partial charge is 0.477 e. The van der Waals surface area contributed by atoms with Crippen LogP contribution in [0.25, 0.3) is 0 Å². The second kappa shape index (κ2) is 5.80. The van der Waals surface area contributed by atoms with Gasteiger partial charge >= 0.3 is 11.9 Å². The van der Waals surface area contributed by atoms with Gasteiger partial charge in [0.15, 0.2) is 0 Å². The summed E-state index contributed by atoms with van der Waals surface area (Å²) in [4.78, 5) is 21.6. The Morgan fingerprint density at radius 1 is 1.40 bits per heavy atom. The number of esters is 1. The van der Waals surface area contributed by atoms with E-state index in [1.165, 1.54) is 0 Å². The Morgan fingerprint density at radius 3 is 2.27 bits per heavy atom. The van der Waals surface area contributed by atoms with E-state index >= 15 is 0 Å². The lowest BCUT2D eigenvalue weighted by Gasteiger charge is -2.06. The van der Waals surface area contributed by atoms with E-state index in [0.717, 1.165) is 5.57 Å². The van der Waals surface area contributed by atoms with E-state index in [1.807, 2.05) is 0 Å². The predicted molar refractivity (Wildman–Crippen MR) is 56.1 cm³/mol. The van der Waals surface area contributed by atoms with Crippen molar-refractivity contribution in [3.63, 3.8) is 0 Å². The molecule has 0 amide bonds. The molecule has 0 bridgehead atoms. The van der Waals surface area contributed by atoms with Crippen LogP contribution in [-0.2, 0) is 14.3 Å². The van der Waals surface area contributed by atoms with Crippen molar-refractivity contribution >= 4 is 11.9 Å². The first-order valence-corrected chi connectivity index (χ1v) is 4.39. The van der Waals surface area contributed by atoms with Gasteiger partial charge in [0, 0.05) is 6.42 Å². The average molecular weight is 210 g/mol. The van der Waals surface area contributed by atoms with Gasteiger partial charge in [0.2, 0.25) is 0 Å². The highest BCUT2D eigenvalue weighted by atomic mass is 16.5. The molecule has 0 aliphatic heterocycles. The molecule has 0 radical (unpaired) electrons. The maximum atomic E-state index is 11.2. The fourth-order valence-corrected chi connectivity index (χ4v) is 0.746. The van der Waals surface area contributed by atoms with Gasteiger partial charge in [-0.3, -0.25) is 0 Å². The van der Waals surface area contributed by atoms with E-state index < -0.39 is 17.5 Å². The number of hydrogen-bond acceptors (Lipinski definition) is 3. The molecule has 0 fully saturated rings. The van der Waals surface area contributed by atoms with Gasteiger partial charge < -0.3 is 9.84 Å². The quantitative estimate of drug-likeness (QED) is 0.188. The molecular formula is C11H14O4. The van der Waals surface area contributed by atoms with Crippen LogP contribution < -0.4 is 0 Å². The summed E-state index contributed by atoms with van der Waals surface area (Å²) in [5.74, 6) is -1.96. The zero-order chi connectivity index (χ0) is 12.0. The van der Waals surface area contributed by atoms with Gasteiger partial charge in [-0.2, -0.15) is 0 Å². The minimum Gasteiger partial charge on any atom is -0.477 e. The Hall–Kier alpha value is -1.84. The van der Waals surface area contributed by atoms with Crippen molar-refractivity contribution in [2.75, 3.05) is 0 Å². The second-order valence-corrected chi connectivity index (χ2v) is 2.98. The van der Waals surface area contributed by atoms with Crippen LogP contribution >= 0.6 is 0 Å². The molecule has 0 aromatic rings. The summed E-state index contributed by atoms with van der Waals surface area (Å²) in [7, 11) is 0. The third kappa shape index (κ3) is 4.81. The molecule has 0 aliphatic rings. The molecule has 4 heteroatoms. The number of carboxylic acid groups (broad SMARTS) is 1. The fourth-order valence-electron chi connectivity index (χ4n) is 0.746. The number of carbonyl (C=O) groups is 2. The first-order valence-electron chi connectivity index (χ1n) is 4.39. The highest BCUT2D eigenvalue weighted by Crippen LogP contribution is 2.09. The number of hydrogen-bond donors (Lipinski definition) is 1. The topological polar surface area (TPSA) is 63.6 Å². The van der Waals surface area contributed by atoms with Gasteiger partial charge in [0.05, 0.1) is 0 Å². The summed E-state index contributed by atoms with van der Waals surface area (Å²) < 4.78 is 4.81. The molecular weight excluding hydrogens is 196 g/mol. The zero-order valence-corrected chi connectivity index (χ0v) is 8.87. The highest BCUT2D eigenvalue weighted by Gasteiger charge is 2.17. The second-order valence-electron chi connectivity index (χ2n) is 2.98. The van der Waals surface area contributed by atoms with Crippen LogP contribution in [-0.4, -0.2) is 17.0 Å². The molecule has 4 nitrogen and oxygen atoms in total. The Kier molecular flexibility index (Phi) is 5.09. The molecule has 0 rings (SSSR count). The van der Waals surface area contributed by atoms with Crippen molar-refractivity contribution in [1.29, 1.82) is 0 Å². The molecule has 0 unspecified atom stereocenters. The van der Waals surface area contributed by atoms with E-state index in [0.29, 0.717) is 12.2 Å². The third-order valence-corrected chi connectivity index (χ3v) is 1.48. The standard InChI is InChI=1S/C11H14O4/c1-5-9(6-7(2)3)15-11(14)8(4)10(12)13/h6H,2,4-5H2,1,3H3,(H,12,13). The molecule has 0 saturated heterocycles. The van der Waals surface area contributed by atoms with Crippen LogP contribution in [0.2, 0.25) is 0 Å².